The van der Waals surface area contributed by atoms with E-state index in [0.717, 1.165) is 37.6 Å². The third-order valence-corrected chi connectivity index (χ3v) is 4.07. The summed E-state index contributed by atoms with van der Waals surface area (Å²) in [5.74, 6) is 0.829. The minimum atomic E-state index is 0.829. The van der Waals surface area contributed by atoms with Gasteiger partial charge in [-0.15, -0.1) is 5.11 Å². The van der Waals surface area contributed by atoms with E-state index in [-0.39, 0.29) is 0 Å². The van der Waals surface area contributed by atoms with Crippen LogP contribution in [0.3, 0.4) is 0 Å². The summed E-state index contributed by atoms with van der Waals surface area (Å²) in [4.78, 5) is 2.41. The zero-order chi connectivity index (χ0) is 16.1. The first-order chi connectivity index (χ1) is 11.3. The molecule has 2 aromatic carbocycles. The number of nitrogens with zero attached hydrogens (tertiary/aromatic N) is 4. The van der Waals surface area contributed by atoms with E-state index in [2.05, 4.69) is 46.4 Å². The van der Waals surface area contributed by atoms with E-state index in [4.69, 9.17) is 4.74 Å². The van der Waals surface area contributed by atoms with E-state index < -0.39 is 0 Å². The Morgan fingerprint density at radius 3 is 2.26 bits per heavy atom. The van der Waals surface area contributed by atoms with Crippen LogP contribution in [0.4, 0.5) is 11.4 Å². The molecule has 0 unspecified atom stereocenters. The highest BCUT2D eigenvalue weighted by Crippen LogP contribution is 2.22. The Hall–Kier alpha value is -2.56. The van der Waals surface area contributed by atoms with E-state index in [1.165, 1.54) is 11.3 Å². The maximum absolute atomic E-state index is 5.14. The summed E-state index contributed by atoms with van der Waals surface area (Å²) in [6.07, 6.45) is 0. The number of benzene rings is 2. The van der Waals surface area contributed by atoms with Crippen LogP contribution in [-0.2, 0) is 0 Å². The lowest BCUT2D eigenvalue weighted by molar-refractivity contribution is 0.254. The maximum Gasteiger partial charge on any atom is 0.119 e. The smallest absolute Gasteiger partial charge is 0.119 e. The number of hydrogen-bond acceptors (Lipinski definition) is 4. The summed E-state index contributed by atoms with van der Waals surface area (Å²) >= 11 is 0. The van der Waals surface area contributed by atoms with E-state index in [1.54, 1.807) is 7.11 Å². The summed E-state index contributed by atoms with van der Waals surface area (Å²) in [6.45, 7) is 5.85. The van der Waals surface area contributed by atoms with Crippen LogP contribution in [0.25, 0.3) is 0 Å². The standard InChI is InChI=1S/C18H22N4O/c1-15-5-3-4-6-18(15)21-11-13-22(14-12-21)20-19-16-7-9-17(23-2)10-8-16/h3-10H,11-14H2,1-2H3. The fourth-order valence-electron chi connectivity index (χ4n) is 2.71. The van der Waals surface area contributed by atoms with Crippen LogP contribution in [0.1, 0.15) is 5.56 Å². The molecule has 0 radical (unpaired) electrons. The molecule has 1 heterocycles. The second-order valence-electron chi connectivity index (χ2n) is 5.61. The van der Waals surface area contributed by atoms with Crippen LogP contribution in [0, 0.1) is 6.92 Å². The van der Waals surface area contributed by atoms with Gasteiger partial charge in [-0.25, -0.2) is 0 Å². The zero-order valence-corrected chi connectivity index (χ0v) is 13.6. The van der Waals surface area contributed by atoms with Gasteiger partial charge in [0.25, 0.3) is 0 Å². The van der Waals surface area contributed by atoms with Gasteiger partial charge in [-0.1, -0.05) is 23.4 Å². The van der Waals surface area contributed by atoms with Crippen LogP contribution in [0.5, 0.6) is 5.75 Å². The average Bonchev–Trinajstić information content (AvgIpc) is 2.61. The van der Waals surface area contributed by atoms with Crippen LogP contribution >= 0.6 is 0 Å². The molecule has 0 N–H and O–H groups in total. The van der Waals surface area contributed by atoms with Gasteiger partial charge in [-0.2, -0.15) is 0 Å². The Morgan fingerprint density at radius 2 is 1.61 bits per heavy atom. The first-order valence-electron chi connectivity index (χ1n) is 7.87. The molecule has 5 heteroatoms. The summed E-state index contributed by atoms with van der Waals surface area (Å²) in [5, 5.41) is 10.7. The minimum Gasteiger partial charge on any atom is -0.497 e. The molecule has 2 aromatic rings. The van der Waals surface area contributed by atoms with Crippen LogP contribution in [0.15, 0.2) is 58.9 Å². The van der Waals surface area contributed by atoms with Crippen molar-refractivity contribution >= 4 is 11.4 Å². The number of para-hydroxylation sites is 1. The number of piperazine rings is 1. The molecule has 0 bridgehead atoms. The Kier molecular flexibility index (Phi) is 4.76. The second-order valence-corrected chi connectivity index (χ2v) is 5.61. The largest absolute Gasteiger partial charge is 0.497 e. The van der Waals surface area contributed by atoms with Crippen LogP contribution in [-0.4, -0.2) is 38.3 Å². The highest BCUT2D eigenvalue weighted by Gasteiger charge is 2.17. The number of anilines is 1. The van der Waals surface area contributed by atoms with Crippen molar-refractivity contribution in [3.8, 4) is 5.75 Å². The summed E-state index contributed by atoms with van der Waals surface area (Å²) < 4.78 is 5.14. The predicted octanol–water partition coefficient (Wildman–Crippen LogP) is 3.82. The molecule has 120 valence electrons. The molecule has 1 aliphatic heterocycles. The average molecular weight is 310 g/mol. The van der Waals surface area contributed by atoms with Crippen molar-refractivity contribution < 1.29 is 4.74 Å². The van der Waals surface area contributed by atoms with Crippen LogP contribution in [0.2, 0.25) is 0 Å². The molecule has 23 heavy (non-hydrogen) atoms. The predicted molar refractivity (Wildman–Crippen MR) is 92.5 cm³/mol. The van der Waals surface area contributed by atoms with Gasteiger partial charge in [-0.05, 0) is 42.8 Å². The Bertz CT molecular complexity index is 661. The van der Waals surface area contributed by atoms with Gasteiger partial charge < -0.3 is 9.64 Å². The van der Waals surface area contributed by atoms with Crippen molar-refractivity contribution in [2.24, 2.45) is 10.3 Å². The van der Waals surface area contributed by atoms with Gasteiger partial charge in [0.05, 0.1) is 25.9 Å². The summed E-state index contributed by atoms with van der Waals surface area (Å²) in [5.41, 5.74) is 3.48. The highest BCUT2D eigenvalue weighted by atomic mass is 16.5. The Balaban J connectivity index is 1.56. The number of methoxy groups -OCH3 is 1. The molecule has 0 atom stereocenters. The quantitative estimate of drug-likeness (QED) is 0.806. The Labute approximate surface area is 137 Å². The van der Waals surface area contributed by atoms with Crippen LogP contribution < -0.4 is 9.64 Å². The van der Waals surface area contributed by atoms with Crippen molar-refractivity contribution in [1.82, 2.24) is 5.01 Å². The maximum atomic E-state index is 5.14. The number of rotatable bonds is 4. The topological polar surface area (TPSA) is 40.4 Å². The number of aryl methyl sites for hydroxylation is 1. The first kappa shape index (κ1) is 15.3. The molecule has 0 aromatic heterocycles. The number of hydrogen-bond donors (Lipinski definition) is 0. The van der Waals surface area contributed by atoms with E-state index in [9.17, 15) is 0 Å². The summed E-state index contributed by atoms with van der Waals surface area (Å²) in [7, 11) is 1.66. The molecule has 0 saturated carbocycles. The van der Waals surface area contributed by atoms with E-state index >= 15 is 0 Å². The van der Waals surface area contributed by atoms with Crippen molar-refractivity contribution in [2.45, 2.75) is 6.92 Å². The molecule has 5 nitrogen and oxygen atoms in total. The molecular weight excluding hydrogens is 288 g/mol. The van der Waals surface area contributed by atoms with E-state index in [1.807, 2.05) is 29.3 Å². The lowest BCUT2D eigenvalue weighted by Gasteiger charge is -2.34. The lowest BCUT2D eigenvalue weighted by atomic mass is 10.1. The zero-order valence-electron chi connectivity index (χ0n) is 13.6. The fraction of sp³-hybridized carbons (Fsp3) is 0.333. The van der Waals surface area contributed by atoms with Gasteiger partial charge in [0.2, 0.25) is 0 Å². The molecule has 1 aliphatic rings. The van der Waals surface area contributed by atoms with Gasteiger partial charge in [0.15, 0.2) is 0 Å². The monoisotopic (exact) mass is 310 g/mol. The fourth-order valence-corrected chi connectivity index (χ4v) is 2.71. The first-order valence-corrected chi connectivity index (χ1v) is 7.87. The third-order valence-electron chi connectivity index (χ3n) is 4.07. The molecule has 1 fully saturated rings. The molecule has 0 spiro atoms. The van der Waals surface area contributed by atoms with Gasteiger partial charge in [0, 0.05) is 18.8 Å². The normalized spacial score (nSPS) is 15.2. The lowest BCUT2D eigenvalue weighted by Crippen LogP contribution is -2.44. The SMILES string of the molecule is COc1ccc(N=NN2CCN(c3ccccc3C)CC2)cc1. The van der Waals surface area contributed by atoms with Gasteiger partial charge >= 0.3 is 0 Å². The highest BCUT2D eigenvalue weighted by molar-refractivity contribution is 5.53. The minimum absolute atomic E-state index is 0.829. The Morgan fingerprint density at radius 1 is 0.913 bits per heavy atom. The third kappa shape index (κ3) is 3.80. The molecule has 0 amide bonds. The van der Waals surface area contributed by atoms with Crippen molar-refractivity contribution in [1.29, 1.82) is 0 Å². The molecular formula is C18H22N4O. The van der Waals surface area contributed by atoms with Gasteiger partial charge in [-0.3, -0.25) is 5.01 Å². The molecule has 3 rings (SSSR count). The van der Waals surface area contributed by atoms with Gasteiger partial charge in [0.1, 0.15) is 5.75 Å². The second kappa shape index (κ2) is 7.13. The van der Waals surface area contributed by atoms with E-state index in [0.29, 0.717) is 0 Å². The molecule has 1 saturated heterocycles. The van der Waals surface area contributed by atoms with Crippen molar-refractivity contribution in [2.75, 3.05) is 38.2 Å². The van der Waals surface area contributed by atoms with Crippen molar-refractivity contribution in [3.05, 3.63) is 54.1 Å². The summed E-state index contributed by atoms with van der Waals surface area (Å²) in [6, 6.07) is 16.1. The molecule has 0 aliphatic carbocycles. The number of ether oxygens (including phenoxy) is 1. The van der Waals surface area contributed by atoms with Crippen molar-refractivity contribution in [3.63, 3.8) is 0 Å².